The van der Waals surface area contributed by atoms with Gasteiger partial charge in [0.25, 0.3) is 5.91 Å². The van der Waals surface area contributed by atoms with Crippen molar-refractivity contribution in [1.29, 1.82) is 0 Å². The van der Waals surface area contributed by atoms with E-state index >= 15 is 0 Å². The first kappa shape index (κ1) is 31.2. The number of hydrogen-bond acceptors (Lipinski definition) is 5. The zero-order chi connectivity index (χ0) is 30.9. The van der Waals surface area contributed by atoms with Crippen molar-refractivity contribution in [3.8, 4) is 5.75 Å². The van der Waals surface area contributed by atoms with Gasteiger partial charge in [0, 0.05) is 53.6 Å². The molecule has 0 aliphatic carbocycles. The van der Waals surface area contributed by atoms with Crippen molar-refractivity contribution in [2.24, 2.45) is 13.0 Å². The van der Waals surface area contributed by atoms with Crippen LogP contribution in [0.4, 0.5) is 13.2 Å². The van der Waals surface area contributed by atoms with Gasteiger partial charge in [0.15, 0.2) is 0 Å². The molecule has 43 heavy (non-hydrogen) atoms. The lowest BCUT2D eigenvalue weighted by Gasteiger charge is -2.41. The number of rotatable bonds is 4. The molecule has 0 bridgehead atoms. The zero-order valence-corrected chi connectivity index (χ0v) is 24.6. The maximum Gasteiger partial charge on any atom is 0.490 e. The third-order valence-corrected chi connectivity index (χ3v) is 9.30. The maximum absolute atomic E-state index is 13.2. The number of nitrogens with zero attached hydrogens (tertiary/aromatic N) is 3. The van der Waals surface area contributed by atoms with Gasteiger partial charge in [0.05, 0.1) is 12.7 Å². The summed E-state index contributed by atoms with van der Waals surface area (Å²) >= 11 is 6.15. The molecule has 2 fully saturated rings. The molecule has 1 spiro atoms. The molecule has 3 aliphatic rings. The van der Waals surface area contributed by atoms with Crippen LogP contribution in [0.3, 0.4) is 0 Å². The van der Waals surface area contributed by atoms with Gasteiger partial charge in [0.1, 0.15) is 11.4 Å². The average molecular weight is 622 g/mol. The number of benzene rings is 2. The lowest BCUT2D eigenvalue weighted by atomic mass is 9.74. The van der Waals surface area contributed by atoms with Crippen molar-refractivity contribution in [3.63, 3.8) is 0 Å². The standard InChI is InChI=1S/C29H34ClN3O3.C2HF3O2/c1-31-24-5-3-2-4-21(24)16-25(31)28(35)33-12-8-20(9-13-33)26(34)18-32-14-10-29(11-15-32)19-36-27-17-22(30)6-7-23(27)29;3-2(4,5)1(6)7/h2-7,16-17,20,26,34H,8-15,18-19H2,1H3;(H,6,7)/t26-;/m1./s1. The molecule has 3 aliphatic heterocycles. The first-order chi connectivity index (χ1) is 20.4. The van der Waals surface area contributed by atoms with Gasteiger partial charge >= 0.3 is 12.1 Å². The van der Waals surface area contributed by atoms with Crippen molar-refractivity contribution in [2.45, 2.75) is 43.4 Å². The number of carboxylic acid groups (broad SMARTS) is 1. The van der Waals surface area contributed by atoms with Crippen molar-refractivity contribution in [1.82, 2.24) is 14.4 Å². The summed E-state index contributed by atoms with van der Waals surface area (Å²) in [6.45, 7) is 4.74. The van der Waals surface area contributed by atoms with E-state index in [0.29, 0.717) is 19.6 Å². The first-order valence-corrected chi connectivity index (χ1v) is 14.7. The van der Waals surface area contributed by atoms with Crippen LogP contribution in [0.15, 0.2) is 48.5 Å². The Morgan fingerprint density at radius 1 is 1.07 bits per heavy atom. The summed E-state index contributed by atoms with van der Waals surface area (Å²) in [5.74, 6) is -1.51. The smallest absolute Gasteiger partial charge is 0.490 e. The molecule has 1 amide bonds. The zero-order valence-electron chi connectivity index (χ0n) is 23.8. The summed E-state index contributed by atoms with van der Waals surface area (Å²) in [4.78, 5) is 26.5. The quantitative estimate of drug-likeness (QED) is 0.421. The maximum atomic E-state index is 13.2. The molecule has 12 heteroatoms. The Labute approximate surface area is 252 Å². The lowest BCUT2D eigenvalue weighted by Crippen LogP contribution is -2.48. The summed E-state index contributed by atoms with van der Waals surface area (Å²) in [6.07, 6.45) is -1.69. The van der Waals surface area contributed by atoms with Gasteiger partial charge < -0.3 is 29.3 Å². The molecule has 2 aromatic carbocycles. The largest absolute Gasteiger partial charge is 0.492 e. The van der Waals surface area contributed by atoms with Crippen LogP contribution < -0.4 is 4.74 Å². The number of aliphatic carboxylic acids is 1. The minimum Gasteiger partial charge on any atom is -0.492 e. The van der Waals surface area contributed by atoms with Gasteiger partial charge in [-0.15, -0.1) is 0 Å². The fourth-order valence-electron chi connectivity index (χ4n) is 6.48. The summed E-state index contributed by atoms with van der Waals surface area (Å²) in [6, 6.07) is 16.1. The van der Waals surface area contributed by atoms with Gasteiger partial charge in [0.2, 0.25) is 0 Å². The van der Waals surface area contributed by atoms with Crippen LogP contribution in [0.5, 0.6) is 5.75 Å². The van der Waals surface area contributed by atoms with E-state index in [1.54, 1.807) is 0 Å². The van der Waals surface area contributed by atoms with Crippen LogP contribution in [0.2, 0.25) is 5.02 Å². The second kappa shape index (κ2) is 12.4. The van der Waals surface area contributed by atoms with Crippen molar-refractivity contribution < 1.29 is 37.7 Å². The van der Waals surface area contributed by atoms with E-state index in [1.165, 1.54) is 5.56 Å². The van der Waals surface area contributed by atoms with E-state index in [9.17, 15) is 23.1 Å². The van der Waals surface area contributed by atoms with E-state index < -0.39 is 12.1 Å². The Kier molecular flexibility index (Phi) is 8.97. The number of halogens is 4. The van der Waals surface area contributed by atoms with Crippen LogP contribution in [-0.2, 0) is 17.3 Å². The molecular weight excluding hydrogens is 587 g/mol. The molecule has 0 radical (unpaired) electrons. The van der Waals surface area contributed by atoms with Crippen LogP contribution in [-0.4, -0.2) is 88.1 Å². The number of aromatic nitrogens is 1. The molecular formula is C31H35ClF3N3O5. The van der Waals surface area contributed by atoms with Crippen LogP contribution in [0, 0.1) is 5.92 Å². The summed E-state index contributed by atoms with van der Waals surface area (Å²) in [5, 5.41) is 20.0. The van der Waals surface area contributed by atoms with E-state index in [1.807, 2.05) is 59.0 Å². The summed E-state index contributed by atoms with van der Waals surface area (Å²) < 4.78 is 39.7. The van der Waals surface area contributed by atoms with E-state index in [-0.39, 0.29) is 23.3 Å². The monoisotopic (exact) mass is 621 g/mol. The second-order valence-electron chi connectivity index (χ2n) is 11.7. The number of likely N-dealkylation sites (tertiary alicyclic amines) is 2. The van der Waals surface area contributed by atoms with Crippen molar-refractivity contribution in [3.05, 3.63) is 64.8 Å². The molecule has 232 valence electrons. The van der Waals surface area contributed by atoms with Gasteiger partial charge in [-0.05, 0) is 69.0 Å². The third kappa shape index (κ3) is 6.63. The summed E-state index contributed by atoms with van der Waals surface area (Å²) in [7, 11) is 1.96. The van der Waals surface area contributed by atoms with Gasteiger partial charge in [-0.3, -0.25) is 4.79 Å². The van der Waals surface area contributed by atoms with E-state index in [0.717, 1.165) is 72.7 Å². The lowest BCUT2D eigenvalue weighted by molar-refractivity contribution is -0.192. The molecule has 2 N–H and O–H groups in total. The Bertz CT molecular complexity index is 1480. The van der Waals surface area contributed by atoms with Crippen LogP contribution in [0.25, 0.3) is 10.9 Å². The number of aliphatic hydroxyl groups excluding tert-OH is 1. The molecule has 8 nitrogen and oxygen atoms in total. The van der Waals surface area contributed by atoms with E-state index in [4.69, 9.17) is 26.2 Å². The predicted molar refractivity (Wildman–Crippen MR) is 156 cm³/mol. The van der Waals surface area contributed by atoms with Crippen LogP contribution >= 0.6 is 11.6 Å². The minimum atomic E-state index is -5.08. The predicted octanol–water partition coefficient (Wildman–Crippen LogP) is 5.10. The number of hydrogen-bond donors (Lipinski definition) is 2. The fraction of sp³-hybridized carbons (Fsp3) is 0.484. The second-order valence-corrected chi connectivity index (χ2v) is 12.1. The van der Waals surface area contributed by atoms with Crippen molar-refractivity contribution in [2.75, 3.05) is 39.3 Å². The number of alkyl halides is 3. The summed E-state index contributed by atoms with van der Waals surface area (Å²) in [5.41, 5.74) is 3.17. The van der Waals surface area contributed by atoms with Crippen LogP contribution in [0.1, 0.15) is 41.7 Å². The SMILES string of the molecule is Cn1c(C(=O)N2CCC([C@H](O)CN3CCC4(CC3)COc3cc(Cl)ccc34)CC2)cc2ccccc21.O=C(O)C(F)(F)F. The highest BCUT2D eigenvalue weighted by atomic mass is 35.5. The highest BCUT2D eigenvalue weighted by Crippen LogP contribution is 2.46. The number of amides is 1. The molecule has 1 atom stereocenters. The van der Waals surface area contributed by atoms with Gasteiger partial charge in [-0.25, -0.2) is 4.79 Å². The molecule has 6 rings (SSSR count). The normalized spacial score (nSPS) is 19.4. The molecule has 3 aromatic rings. The molecule has 1 aromatic heterocycles. The number of carboxylic acids is 1. The Morgan fingerprint density at radius 3 is 2.35 bits per heavy atom. The minimum absolute atomic E-state index is 0.0782. The number of aryl methyl sites for hydroxylation is 1. The first-order valence-electron chi connectivity index (χ1n) is 14.3. The highest BCUT2D eigenvalue weighted by Gasteiger charge is 2.43. The molecule has 4 heterocycles. The number of carbonyl (C=O) groups excluding carboxylic acids is 1. The number of β-amino-alcohol motifs (C(OH)–C–C–N with tert-alkyl or cyclic N) is 1. The van der Waals surface area contributed by atoms with Crippen molar-refractivity contribution >= 4 is 34.4 Å². The number of aliphatic hydroxyl groups is 1. The molecule has 0 saturated carbocycles. The van der Waals surface area contributed by atoms with Gasteiger partial charge in [-0.2, -0.15) is 13.2 Å². The van der Waals surface area contributed by atoms with E-state index in [2.05, 4.69) is 11.0 Å². The number of ether oxygens (including phenoxy) is 1. The number of para-hydroxylation sites is 1. The fourth-order valence-corrected chi connectivity index (χ4v) is 6.64. The van der Waals surface area contributed by atoms with Gasteiger partial charge in [-0.1, -0.05) is 35.9 Å². The Balaban J connectivity index is 0.000000472. The highest BCUT2D eigenvalue weighted by molar-refractivity contribution is 6.30. The number of fused-ring (bicyclic) bond motifs is 3. The number of piperidine rings is 2. The third-order valence-electron chi connectivity index (χ3n) is 9.06. The average Bonchev–Trinajstić information content (AvgIpc) is 3.51. The Hall–Kier alpha value is -3.28. The topological polar surface area (TPSA) is 95.2 Å². The number of carbonyl (C=O) groups is 2. The Morgan fingerprint density at radius 2 is 1.72 bits per heavy atom. The molecule has 2 saturated heterocycles. The molecule has 0 unspecified atom stereocenters.